The Balaban J connectivity index is 2.04. The van der Waals surface area contributed by atoms with Gasteiger partial charge in [-0.05, 0) is 64.8 Å². The number of carbonyl (C=O) groups excluding carboxylic acids is 3. The molecule has 1 saturated heterocycles. The second-order valence-electron chi connectivity index (χ2n) is 5.90. The number of nitrogens with zero attached hydrogens (tertiary/aromatic N) is 1. The van der Waals surface area contributed by atoms with Gasteiger partial charge in [-0.1, -0.05) is 6.07 Å². The molecule has 0 aliphatic carbocycles. The minimum atomic E-state index is -0.951. The van der Waals surface area contributed by atoms with Crippen molar-refractivity contribution in [3.8, 4) is 11.5 Å². The zero-order chi connectivity index (χ0) is 21.1. The number of methoxy groups -OCH3 is 1. The number of carbonyl (C=O) groups is 3. The van der Waals surface area contributed by atoms with Gasteiger partial charge in [0.05, 0.1) is 23.9 Å². The second-order valence-corrected chi connectivity index (χ2v) is 6.76. The van der Waals surface area contributed by atoms with Gasteiger partial charge in [0.15, 0.2) is 11.5 Å². The number of anilines is 1. The summed E-state index contributed by atoms with van der Waals surface area (Å²) >= 11 is 3.38. The van der Waals surface area contributed by atoms with Gasteiger partial charge < -0.3 is 9.47 Å². The Morgan fingerprint density at radius 3 is 2.62 bits per heavy atom. The van der Waals surface area contributed by atoms with Crippen molar-refractivity contribution < 1.29 is 28.2 Å². The van der Waals surface area contributed by atoms with Crippen molar-refractivity contribution in [2.24, 2.45) is 0 Å². The summed E-state index contributed by atoms with van der Waals surface area (Å²) < 4.78 is 24.9. The first-order valence-electron chi connectivity index (χ1n) is 8.53. The number of nitrogens with one attached hydrogen (secondary N) is 1. The van der Waals surface area contributed by atoms with Crippen LogP contribution in [0.15, 0.2) is 46.4 Å². The molecular weight excluding hydrogens is 447 g/mol. The molecule has 0 aromatic heterocycles. The van der Waals surface area contributed by atoms with E-state index in [0.717, 1.165) is 6.07 Å². The molecule has 1 aliphatic heterocycles. The Kier molecular flexibility index (Phi) is 5.97. The van der Waals surface area contributed by atoms with Gasteiger partial charge in [0.25, 0.3) is 11.8 Å². The molecule has 9 heteroatoms. The SMILES string of the molecule is CCOc1c(Br)cc(/C=C2\C(=O)NC(=O)N(c3cccc(F)c3)C2=O)cc1OC. The number of urea groups is 1. The summed E-state index contributed by atoms with van der Waals surface area (Å²) in [6, 6.07) is 7.25. The quantitative estimate of drug-likeness (QED) is 0.541. The van der Waals surface area contributed by atoms with Crippen LogP contribution in [0, 0.1) is 5.82 Å². The topological polar surface area (TPSA) is 84.9 Å². The number of rotatable bonds is 5. The lowest BCUT2D eigenvalue weighted by Crippen LogP contribution is -2.54. The summed E-state index contributed by atoms with van der Waals surface area (Å²) in [6.07, 6.45) is 1.32. The molecule has 150 valence electrons. The van der Waals surface area contributed by atoms with E-state index in [1.165, 1.54) is 31.4 Å². The first kappa shape index (κ1) is 20.5. The van der Waals surface area contributed by atoms with E-state index in [2.05, 4.69) is 21.2 Å². The number of halogens is 2. The summed E-state index contributed by atoms with van der Waals surface area (Å²) in [5.74, 6) is -1.46. The molecule has 7 nitrogen and oxygen atoms in total. The highest BCUT2D eigenvalue weighted by atomic mass is 79.9. The van der Waals surface area contributed by atoms with E-state index in [1.807, 2.05) is 6.92 Å². The van der Waals surface area contributed by atoms with Crippen molar-refractivity contribution in [3.05, 3.63) is 57.8 Å². The number of benzene rings is 2. The summed E-state index contributed by atoms with van der Waals surface area (Å²) in [4.78, 5) is 38.0. The van der Waals surface area contributed by atoms with Crippen LogP contribution in [-0.4, -0.2) is 31.6 Å². The molecular formula is C20H16BrFN2O5. The fourth-order valence-electron chi connectivity index (χ4n) is 2.78. The molecule has 0 bridgehead atoms. The monoisotopic (exact) mass is 462 g/mol. The third kappa shape index (κ3) is 4.14. The van der Waals surface area contributed by atoms with Crippen LogP contribution in [0.1, 0.15) is 12.5 Å². The number of ether oxygens (including phenoxy) is 2. The number of hydrogen-bond donors (Lipinski definition) is 1. The van der Waals surface area contributed by atoms with Crippen molar-refractivity contribution >= 4 is 45.5 Å². The first-order valence-corrected chi connectivity index (χ1v) is 9.32. The number of imide groups is 2. The third-order valence-corrected chi connectivity index (χ3v) is 4.61. The molecule has 2 aromatic carbocycles. The number of amides is 4. The fraction of sp³-hybridized carbons (Fsp3) is 0.150. The van der Waals surface area contributed by atoms with Crippen molar-refractivity contribution in [3.63, 3.8) is 0 Å². The van der Waals surface area contributed by atoms with Crippen LogP contribution in [0.3, 0.4) is 0 Å². The van der Waals surface area contributed by atoms with E-state index in [0.29, 0.717) is 33.0 Å². The Morgan fingerprint density at radius 1 is 1.21 bits per heavy atom. The van der Waals surface area contributed by atoms with Crippen LogP contribution in [0.4, 0.5) is 14.9 Å². The molecule has 3 rings (SSSR count). The molecule has 0 spiro atoms. The zero-order valence-electron chi connectivity index (χ0n) is 15.5. The minimum absolute atomic E-state index is 0.0105. The highest BCUT2D eigenvalue weighted by Crippen LogP contribution is 2.37. The van der Waals surface area contributed by atoms with Crippen LogP contribution in [0.2, 0.25) is 0 Å². The Hall–Kier alpha value is -3.20. The van der Waals surface area contributed by atoms with E-state index < -0.39 is 23.7 Å². The zero-order valence-corrected chi connectivity index (χ0v) is 17.1. The third-order valence-electron chi connectivity index (χ3n) is 4.02. The van der Waals surface area contributed by atoms with E-state index in [9.17, 15) is 18.8 Å². The van der Waals surface area contributed by atoms with Gasteiger partial charge in [-0.3, -0.25) is 14.9 Å². The van der Waals surface area contributed by atoms with E-state index in [4.69, 9.17) is 9.47 Å². The molecule has 1 aliphatic rings. The van der Waals surface area contributed by atoms with Gasteiger partial charge in [0, 0.05) is 0 Å². The molecule has 0 radical (unpaired) electrons. The molecule has 1 fully saturated rings. The first-order chi connectivity index (χ1) is 13.8. The van der Waals surface area contributed by atoms with E-state index >= 15 is 0 Å². The van der Waals surface area contributed by atoms with Crippen LogP contribution >= 0.6 is 15.9 Å². The molecule has 0 unspecified atom stereocenters. The Bertz CT molecular complexity index is 1040. The van der Waals surface area contributed by atoms with Crippen molar-refractivity contribution in [2.45, 2.75) is 6.92 Å². The van der Waals surface area contributed by atoms with Gasteiger partial charge in [-0.25, -0.2) is 14.1 Å². The lowest BCUT2D eigenvalue weighted by atomic mass is 10.1. The normalized spacial score (nSPS) is 15.5. The van der Waals surface area contributed by atoms with Gasteiger partial charge in [-0.15, -0.1) is 0 Å². The Morgan fingerprint density at radius 2 is 1.97 bits per heavy atom. The van der Waals surface area contributed by atoms with Crippen LogP contribution in [0.25, 0.3) is 6.08 Å². The fourth-order valence-corrected chi connectivity index (χ4v) is 3.36. The average molecular weight is 463 g/mol. The Labute approximate surface area is 174 Å². The maximum atomic E-state index is 13.5. The van der Waals surface area contributed by atoms with Gasteiger partial charge in [-0.2, -0.15) is 0 Å². The molecule has 0 saturated carbocycles. The summed E-state index contributed by atoms with van der Waals surface area (Å²) in [6.45, 7) is 2.24. The molecule has 1 N–H and O–H groups in total. The smallest absolute Gasteiger partial charge is 0.335 e. The van der Waals surface area contributed by atoms with Gasteiger partial charge in [0.2, 0.25) is 0 Å². The van der Waals surface area contributed by atoms with Gasteiger partial charge >= 0.3 is 6.03 Å². The molecule has 29 heavy (non-hydrogen) atoms. The second kappa shape index (κ2) is 8.44. The van der Waals surface area contributed by atoms with E-state index in [1.54, 1.807) is 12.1 Å². The molecule has 2 aromatic rings. The highest BCUT2D eigenvalue weighted by Gasteiger charge is 2.37. The largest absolute Gasteiger partial charge is 0.493 e. The maximum absolute atomic E-state index is 13.5. The molecule has 4 amide bonds. The van der Waals surface area contributed by atoms with Gasteiger partial charge in [0.1, 0.15) is 11.4 Å². The predicted octanol–water partition coefficient (Wildman–Crippen LogP) is 3.66. The van der Waals surface area contributed by atoms with Crippen molar-refractivity contribution in [2.75, 3.05) is 18.6 Å². The van der Waals surface area contributed by atoms with Crippen LogP contribution < -0.4 is 19.7 Å². The van der Waals surface area contributed by atoms with Crippen LogP contribution in [-0.2, 0) is 9.59 Å². The minimum Gasteiger partial charge on any atom is -0.493 e. The molecule has 0 atom stereocenters. The maximum Gasteiger partial charge on any atom is 0.335 e. The summed E-state index contributed by atoms with van der Waals surface area (Å²) in [5.41, 5.74) is 0.188. The average Bonchev–Trinajstić information content (AvgIpc) is 2.67. The number of barbiturate groups is 1. The van der Waals surface area contributed by atoms with Crippen LogP contribution in [0.5, 0.6) is 11.5 Å². The van der Waals surface area contributed by atoms with Crippen molar-refractivity contribution in [1.29, 1.82) is 0 Å². The number of hydrogen-bond acceptors (Lipinski definition) is 5. The summed E-state index contributed by atoms with van der Waals surface area (Å²) in [5, 5.41) is 2.09. The summed E-state index contributed by atoms with van der Waals surface area (Å²) in [7, 11) is 1.46. The van der Waals surface area contributed by atoms with E-state index in [-0.39, 0.29) is 11.3 Å². The van der Waals surface area contributed by atoms with Crippen molar-refractivity contribution in [1.82, 2.24) is 5.32 Å². The molecule has 1 heterocycles. The standard InChI is InChI=1S/C20H16BrFN2O5/c1-3-29-17-15(21)8-11(9-16(17)28-2)7-14-18(25)23-20(27)24(19(14)26)13-6-4-5-12(22)10-13/h4-10H,3H2,1-2H3,(H,23,25,27)/b14-7+. The predicted molar refractivity (Wildman–Crippen MR) is 107 cm³/mol. The highest BCUT2D eigenvalue weighted by molar-refractivity contribution is 9.10. The lowest BCUT2D eigenvalue weighted by molar-refractivity contribution is -0.122. The lowest BCUT2D eigenvalue weighted by Gasteiger charge is -2.26.